The molecule has 3 nitrogen and oxygen atoms in total. The van der Waals surface area contributed by atoms with Gasteiger partial charge >= 0.3 is 5.97 Å². The maximum atomic E-state index is 10.3. The fraction of sp³-hybridized carbons (Fsp3) is 0.154. The molecule has 1 aromatic carbocycles. The van der Waals surface area contributed by atoms with Crippen molar-refractivity contribution in [2.24, 2.45) is 0 Å². The summed E-state index contributed by atoms with van der Waals surface area (Å²) in [5, 5.41) is 1.28. The summed E-state index contributed by atoms with van der Waals surface area (Å²) in [4.78, 5) is 13.4. The van der Waals surface area contributed by atoms with Gasteiger partial charge < -0.3 is 9.72 Å². The van der Waals surface area contributed by atoms with Crippen LogP contribution < -0.4 is 0 Å². The van der Waals surface area contributed by atoms with E-state index in [-0.39, 0.29) is 5.97 Å². The minimum Gasteiger partial charge on any atom is -0.462 e. The molecule has 1 saturated heterocycles. The molecule has 3 rings (SSSR count). The number of aromatic amines is 1. The van der Waals surface area contributed by atoms with Gasteiger partial charge in [0.15, 0.2) is 0 Å². The van der Waals surface area contributed by atoms with Gasteiger partial charge in [-0.3, -0.25) is 0 Å². The fourth-order valence-electron chi connectivity index (χ4n) is 1.47. The lowest BCUT2D eigenvalue weighted by Gasteiger charge is -1.83. The van der Waals surface area contributed by atoms with Crippen molar-refractivity contribution >= 4 is 16.9 Å². The van der Waals surface area contributed by atoms with E-state index in [1.807, 2.05) is 18.3 Å². The van der Waals surface area contributed by atoms with Crippen molar-refractivity contribution in [3.63, 3.8) is 0 Å². The summed E-state index contributed by atoms with van der Waals surface area (Å²) in [5.74, 6) is -0.236. The number of rotatable bonds is 0. The van der Waals surface area contributed by atoms with Crippen LogP contribution in [0.5, 0.6) is 0 Å². The molecule has 0 aliphatic carbocycles. The molecule has 0 radical (unpaired) electrons. The Bertz CT molecular complexity index is 469. The van der Waals surface area contributed by atoms with Gasteiger partial charge in [0.1, 0.15) is 0 Å². The van der Waals surface area contributed by atoms with Crippen LogP contribution in [-0.4, -0.2) is 17.6 Å². The third-order valence-corrected chi connectivity index (χ3v) is 2.39. The Labute approximate surface area is 93.7 Å². The molecule has 1 fully saturated rings. The molecular weight excluding hydrogens is 202 g/mol. The predicted molar refractivity (Wildman–Crippen MR) is 63.0 cm³/mol. The first-order valence-corrected chi connectivity index (χ1v) is 5.14. The molecule has 0 bridgehead atoms. The normalized spacial score (nSPS) is 14.5. The highest BCUT2D eigenvalue weighted by molar-refractivity contribution is 5.89. The molecule has 1 aliphatic rings. The monoisotopic (exact) mass is 215 g/mol. The molecule has 0 saturated carbocycles. The second kappa shape index (κ2) is 4.66. The molecule has 1 N–H and O–H groups in total. The van der Waals surface area contributed by atoms with E-state index in [0.717, 1.165) is 0 Å². The first-order chi connectivity index (χ1) is 7.77. The smallest absolute Gasteiger partial charge is 0.333 e. The third-order valence-electron chi connectivity index (χ3n) is 2.39. The number of esters is 1. The standard InChI is InChI=1S/C8H7N.C5H6O2/c1-2-4-8-7(3-1)5-6-9-8;1-4-2-3-7-5(4)6/h1-6,9H;1-3H2. The summed E-state index contributed by atoms with van der Waals surface area (Å²) in [6.45, 7) is 3.99. The first-order valence-electron chi connectivity index (χ1n) is 5.14. The second-order valence-corrected chi connectivity index (χ2v) is 3.55. The number of hydrogen-bond donors (Lipinski definition) is 1. The van der Waals surface area contributed by atoms with Gasteiger partial charge in [0.2, 0.25) is 0 Å². The highest BCUT2D eigenvalue weighted by Gasteiger charge is 2.14. The van der Waals surface area contributed by atoms with E-state index in [1.54, 1.807) is 0 Å². The summed E-state index contributed by atoms with van der Waals surface area (Å²) in [7, 11) is 0. The molecule has 3 heteroatoms. The lowest BCUT2D eigenvalue weighted by atomic mass is 10.3. The van der Waals surface area contributed by atoms with E-state index in [9.17, 15) is 4.79 Å². The molecule has 82 valence electrons. The van der Waals surface area contributed by atoms with Crippen molar-refractivity contribution in [1.29, 1.82) is 0 Å². The maximum absolute atomic E-state index is 10.3. The van der Waals surface area contributed by atoms with Crippen LogP contribution in [0.25, 0.3) is 10.9 Å². The molecule has 0 atom stereocenters. The van der Waals surface area contributed by atoms with Gasteiger partial charge in [-0.1, -0.05) is 24.8 Å². The van der Waals surface area contributed by atoms with Gasteiger partial charge in [-0.25, -0.2) is 4.79 Å². The van der Waals surface area contributed by atoms with Gasteiger partial charge in [-0.05, 0) is 17.5 Å². The molecule has 0 unspecified atom stereocenters. The highest BCUT2D eigenvalue weighted by atomic mass is 16.5. The molecule has 2 heterocycles. The van der Waals surface area contributed by atoms with E-state index < -0.39 is 0 Å². The number of benzene rings is 1. The van der Waals surface area contributed by atoms with Gasteiger partial charge in [0, 0.05) is 23.7 Å². The maximum Gasteiger partial charge on any atom is 0.333 e. The van der Waals surface area contributed by atoms with E-state index in [1.165, 1.54) is 10.9 Å². The summed E-state index contributed by atoms with van der Waals surface area (Å²) < 4.78 is 4.53. The summed E-state index contributed by atoms with van der Waals surface area (Å²) in [5.41, 5.74) is 1.80. The third kappa shape index (κ3) is 2.31. The van der Waals surface area contributed by atoms with Crippen LogP contribution in [0.2, 0.25) is 0 Å². The minimum atomic E-state index is -0.236. The van der Waals surface area contributed by atoms with E-state index >= 15 is 0 Å². The SMILES string of the molecule is C=C1CCOC1=O.c1ccc2[nH]ccc2c1. The van der Waals surface area contributed by atoms with Crippen molar-refractivity contribution in [1.82, 2.24) is 4.98 Å². The number of carbonyl (C=O) groups is 1. The molecule has 2 aromatic rings. The number of para-hydroxylation sites is 1. The molecule has 1 aliphatic heterocycles. The molecule has 16 heavy (non-hydrogen) atoms. The van der Waals surface area contributed by atoms with Crippen LogP contribution in [0.15, 0.2) is 48.7 Å². The Morgan fingerprint density at radius 3 is 2.62 bits per heavy atom. The highest BCUT2D eigenvalue weighted by Crippen LogP contribution is 2.09. The summed E-state index contributed by atoms with van der Waals surface area (Å²) >= 11 is 0. The van der Waals surface area contributed by atoms with Crippen molar-refractivity contribution in [2.75, 3.05) is 6.61 Å². The zero-order valence-electron chi connectivity index (χ0n) is 8.90. The number of ether oxygens (including phenoxy) is 1. The zero-order valence-corrected chi connectivity index (χ0v) is 8.90. The van der Waals surface area contributed by atoms with E-state index in [4.69, 9.17) is 0 Å². The van der Waals surface area contributed by atoms with Crippen molar-refractivity contribution in [3.05, 3.63) is 48.7 Å². The predicted octanol–water partition coefficient (Wildman–Crippen LogP) is 2.66. The Morgan fingerprint density at radius 1 is 1.25 bits per heavy atom. The van der Waals surface area contributed by atoms with Gasteiger partial charge in [-0.15, -0.1) is 0 Å². The van der Waals surface area contributed by atoms with Crippen LogP contribution in [0.1, 0.15) is 6.42 Å². The van der Waals surface area contributed by atoms with Gasteiger partial charge in [-0.2, -0.15) is 0 Å². The van der Waals surface area contributed by atoms with E-state index in [0.29, 0.717) is 18.6 Å². The Kier molecular flexibility index (Phi) is 3.05. The number of H-pyrrole nitrogens is 1. The number of carbonyl (C=O) groups excluding carboxylic acids is 1. The second-order valence-electron chi connectivity index (χ2n) is 3.55. The number of fused-ring (bicyclic) bond motifs is 1. The molecule has 0 amide bonds. The van der Waals surface area contributed by atoms with Crippen molar-refractivity contribution < 1.29 is 9.53 Å². The lowest BCUT2D eigenvalue weighted by Crippen LogP contribution is -1.91. The average Bonchev–Trinajstić information content (AvgIpc) is 2.89. The zero-order chi connectivity index (χ0) is 11.4. The summed E-state index contributed by atoms with van der Waals surface area (Å²) in [6, 6.07) is 10.3. The number of aromatic nitrogens is 1. The Morgan fingerprint density at radius 2 is 2.06 bits per heavy atom. The van der Waals surface area contributed by atoms with Gasteiger partial charge in [0.05, 0.1) is 6.61 Å². The Hall–Kier alpha value is -2.03. The first kappa shape index (κ1) is 10.5. The molecule has 0 spiro atoms. The molecule has 1 aromatic heterocycles. The minimum absolute atomic E-state index is 0.236. The lowest BCUT2D eigenvalue weighted by molar-refractivity contribution is -0.135. The van der Waals surface area contributed by atoms with Crippen LogP contribution >= 0.6 is 0 Å². The summed E-state index contributed by atoms with van der Waals surface area (Å²) in [6.07, 6.45) is 2.66. The topological polar surface area (TPSA) is 42.1 Å². The van der Waals surface area contributed by atoms with Crippen molar-refractivity contribution in [3.8, 4) is 0 Å². The van der Waals surface area contributed by atoms with Gasteiger partial charge in [0.25, 0.3) is 0 Å². The van der Waals surface area contributed by atoms with Crippen LogP contribution in [0.4, 0.5) is 0 Å². The quantitative estimate of drug-likeness (QED) is 0.542. The fourth-order valence-corrected chi connectivity index (χ4v) is 1.47. The number of hydrogen-bond acceptors (Lipinski definition) is 2. The Balaban J connectivity index is 0.000000125. The molecular formula is C13H13NO2. The number of cyclic esters (lactones) is 1. The number of nitrogens with one attached hydrogen (secondary N) is 1. The van der Waals surface area contributed by atoms with Crippen LogP contribution in [-0.2, 0) is 9.53 Å². The van der Waals surface area contributed by atoms with Crippen LogP contribution in [0.3, 0.4) is 0 Å². The van der Waals surface area contributed by atoms with Crippen molar-refractivity contribution in [2.45, 2.75) is 6.42 Å². The largest absolute Gasteiger partial charge is 0.462 e. The van der Waals surface area contributed by atoms with E-state index in [2.05, 4.69) is 34.5 Å². The van der Waals surface area contributed by atoms with Crippen LogP contribution in [0, 0.1) is 0 Å². The average molecular weight is 215 g/mol.